The van der Waals surface area contributed by atoms with E-state index in [-0.39, 0.29) is 17.8 Å². The van der Waals surface area contributed by atoms with Crippen molar-refractivity contribution in [2.75, 3.05) is 25.0 Å². The minimum Gasteiger partial charge on any atom is -0.361 e. The molecule has 6 rings (SSSR count). The Hall–Kier alpha value is -3.97. The molecule has 1 N–H and O–H groups in total. The first-order valence-corrected chi connectivity index (χ1v) is 13.8. The van der Waals surface area contributed by atoms with Gasteiger partial charge in [0.15, 0.2) is 0 Å². The van der Waals surface area contributed by atoms with Crippen LogP contribution >= 0.6 is 0 Å². The van der Waals surface area contributed by atoms with Gasteiger partial charge in [-0.05, 0) is 56.5 Å². The predicted octanol–water partition coefficient (Wildman–Crippen LogP) is 6.12. The molecule has 1 unspecified atom stereocenters. The van der Waals surface area contributed by atoms with Gasteiger partial charge in [0, 0.05) is 54.9 Å². The number of benzene rings is 3. The van der Waals surface area contributed by atoms with Gasteiger partial charge in [0.2, 0.25) is 0 Å². The van der Waals surface area contributed by atoms with Crippen LogP contribution in [0.15, 0.2) is 85.2 Å². The molecule has 2 aliphatic rings. The van der Waals surface area contributed by atoms with E-state index in [0.717, 1.165) is 68.1 Å². The molecule has 4 aromatic rings. The molecule has 0 bridgehead atoms. The third kappa shape index (κ3) is 5.19. The summed E-state index contributed by atoms with van der Waals surface area (Å²) in [4.78, 5) is 22.7. The number of hydrogen-bond donors (Lipinski definition) is 1. The third-order valence-corrected chi connectivity index (χ3v) is 7.98. The number of hydrogen-bond acceptors (Lipinski definition) is 4. The van der Waals surface area contributed by atoms with Crippen molar-refractivity contribution in [3.05, 3.63) is 108 Å². The van der Waals surface area contributed by atoms with Crippen LogP contribution < -0.4 is 5.32 Å². The Morgan fingerprint density at radius 2 is 1.74 bits per heavy atom. The lowest BCUT2D eigenvalue weighted by Gasteiger charge is -2.45. The van der Waals surface area contributed by atoms with Gasteiger partial charge in [-0.2, -0.15) is 0 Å². The number of carbonyl (C=O) groups is 1. The summed E-state index contributed by atoms with van der Waals surface area (Å²) < 4.78 is 17.2. The molecular formula is C32H34FN5O. The summed E-state index contributed by atoms with van der Waals surface area (Å²) >= 11 is 0. The normalized spacial score (nSPS) is 18.2. The Balaban J connectivity index is 1.12. The summed E-state index contributed by atoms with van der Waals surface area (Å²) in [7, 11) is 0. The van der Waals surface area contributed by atoms with E-state index in [4.69, 9.17) is 0 Å². The van der Waals surface area contributed by atoms with Crippen molar-refractivity contribution >= 4 is 11.6 Å². The molecule has 1 saturated heterocycles. The lowest BCUT2D eigenvalue weighted by Crippen LogP contribution is -2.52. The first-order chi connectivity index (χ1) is 19.1. The summed E-state index contributed by atoms with van der Waals surface area (Å²) in [6.07, 6.45) is 6.13. The molecule has 6 nitrogen and oxygen atoms in total. The number of halogens is 1. The molecule has 7 heteroatoms. The van der Waals surface area contributed by atoms with Gasteiger partial charge in [-0.25, -0.2) is 9.37 Å². The molecule has 0 aliphatic carbocycles. The Morgan fingerprint density at radius 1 is 0.974 bits per heavy atom. The molecular weight excluding hydrogens is 489 g/mol. The number of aryl methyl sites for hydroxylation is 2. The zero-order chi connectivity index (χ0) is 26.8. The largest absolute Gasteiger partial charge is 0.361 e. The van der Waals surface area contributed by atoms with Crippen LogP contribution in [0.25, 0.3) is 11.4 Å². The second-order valence-electron chi connectivity index (χ2n) is 10.6. The monoisotopic (exact) mass is 523 g/mol. The first kappa shape index (κ1) is 25.3. The molecule has 39 heavy (non-hydrogen) atoms. The highest BCUT2D eigenvalue weighted by molar-refractivity contribution is 6.02. The number of fused-ring (bicyclic) bond motifs is 1. The van der Waals surface area contributed by atoms with Crippen LogP contribution in [-0.4, -0.2) is 50.9 Å². The van der Waals surface area contributed by atoms with E-state index in [1.807, 2.05) is 66.7 Å². The highest BCUT2D eigenvalue weighted by atomic mass is 19.1. The van der Waals surface area contributed by atoms with E-state index in [0.29, 0.717) is 11.1 Å². The van der Waals surface area contributed by atoms with Gasteiger partial charge in [0.25, 0.3) is 5.91 Å². The van der Waals surface area contributed by atoms with E-state index in [1.165, 1.54) is 6.07 Å². The molecule has 0 spiro atoms. The molecule has 0 saturated carbocycles. The summed E-state index contributed by atoms with van der Waals surface area (Å²) in [5, 5.41) is 3.50. The van der Waals surface area contributed by atoms with E-state index in [1.54, 1.807) is 12.1 Å². The van der Waals surface area contributed by atoms with E-state index in [9.17, 15) is 9.18 Å². The standard InChI is InChI=1S/C32H34FN5O/c1-23-12-13-27-29(22-23)35-31(26-10-5-6-11-28(26)33)38(32(27)39)25-14-19-36(20-15-25)17-7-18-37-21-16-34-30(37)24-8-3-2-4-9-24/h2-6,8-13,16,21-22,25,31,35H,7,14-15,17-20H2,1H3. The molecule has 2 aliphatic heterocycles. The van der Waals surface area contributed by atoms with Crippen molar-refractivity contribution in [3.8, 4) is 11.4 Å². The van der Waals surface area contributed by atoms with E-state index in [2.05, 4.69) is 31.9 Å². The topological polar surface area (TPSA) is 53.4 Å². The first-order valence-electron chi connectivity index (χ1n) is 13.8. The van der Waals surface area contributed by atoms with Gasteiger partial charge < -0.3 is 19.7 Å². The van der Waals surface area contributed by atoms with Crippen molar-refractivity contribution < 1.29 is 9.18 Å². The summed E-state index contributed by atoms with van der Waals surface area (Å²) in [6.45, 7) is 5.72. The number of rotatable bonds is 7. The van der Waals surface area contributed by atoms with Gasteiger partial charge in [-0.15, -0.1) is 0 Å². The van der Waals surface area contributed by atoms with Gasteiger partial charge in [0.1, 0.15) is 17.8 Å². The zero-order valence-corrected chi connectivity index (χ0v) is 22.3. The van der Waals surface area contributed by atoms with Crippen LogP contribution in [0.3, 0.4) is 0 Å². The van der Waals surface area contributed by atoms with Crippen LogP contribution in [0.4, 0.5) is 10.1 Å². The van der Waals surface area contributed by atoms with Crippen LogP contribution in [-0.2, 0) is 6.54 Å². The second kappa shape index (κ2) is 11.0. The highest BCUT2D eigenvalue weighted by Crippen LogP contribution is 2.38. The lowest BCUT2D eigenvalue weighted by molar-refractivity contribution is 0.0446. The minimum absolute atomic E-state index is 0.0241. The summed E-state index contributed by atoms with van der Waals surface area (Å²) in [5.41, 5.74) is 4.13. The Morgan fingerprint density at radius 3 is 2.54 bits per heavy atom. The van der Waals surface area contributed by atoms with Crippen molar-refractivity contribution in [1.29, 1.82) is 0 Å². The number of imidazole rings is 1. The minimum atomic E-state index is -0.526. The number of carbonyl (C=O) groups excluding carboxylic acids is 1. The smallest absolute Gasteiger partial charge is 0.258 e. The molecule has 3 heterocycles. The van der Waals surface area contributed by atoms with Crippen molar-refractivity contribution in [1.82, 2.24) is 19.4 Å². The fourth-order valence-electron chi connectivity index (χ4n) is 5.96. The molecule has 0 radical (unpaired) electrons. The fourth-order valence-corrected chi connectivity index (χ4v) is 5.96. The van der Waals surface area contributed by atoms with Gasteiger partial charge in [0.05, 0.1) is 5.56 Å². The number of aromatic nitrogens is 2. The maximum Gasteiger partial charge on any atom is 0.258 e. The predicted molar refractivity (Wildman–Crippen MR) is 152 cm³/mol. The van der Waals surface area contributed by atoms with E-state index >= 15 is 0 Å². The van der Waals surface area contributed by atoms with Crippen LogP contribution in [0.2, 0.25) is 0 Å². The van der Waals surface area contributed by atoms with Gasteiger partial charge in [-0.1, -0.05) is 54.6 Å². The number of nitrogens with zero attached hydrogens (tertiary/aromatic N) is 4. The number of amides is 1. The zero-order valence-electron chi connectivity index (χ0n) is 22.3. The number of likely N-dealkylation sites (tertiary alicyclic amines) is 1. The molecule has 200 valence electrons. The average Bonchev–Trinajstić information content (AvgIpc) is 3.43. The SMILES string of the molecule is Cc1ccc2c(c1)NC(c1ccccc1F)N(C1CCN(CCCn3ccnc3-c3ccccc3)CC1)C2=O. The number of piperidine rings is 1. The van der Waals surface area contributed by atoms with Crippen LogP contribution in [0, 0.1) is 12.7 Å². The summed E-state index contributed by atoms with van der Waals surface area (Å²) in [5.74, 6) is 0.680. The Kier molecular flexibility index (Phi) is 7.16. The molecule has 1 amide bonds. The maximum atomic E-state index is 15.0. The fraction of sp³-hybridized carbons (Fsp3) is 0.312. The maximum absolute atomic E-state index is 15.0. The molecule has 1 fully saturated rings. The third-order valence-electron chi connectivity index (χ3n) is 7.98. The van der Waals surface area contributed by atoms with Crippen molar-refractivity contribution in [3.63, 3.8) is 0 Å². The van der Waals surface area contributed by atoms with E-state index < -0.39 is 6.17 Å². The average molecular weight is 524 g/mol. The Bertz CT molecular complexity index is 1440. The molecule has 1 atom stereocenters. The van der Waals surface area contributed by atoms with Crippen LogP contribution in [0.1, 0.15) is 46.9 Å². The van der Waals surface area contributed by atoms with Gasteiger partial charge in [-0.3, -0.25) is 4.79 Å². The molecule has 3 aromatic carbocycles. The van der Waals surface area contributed by atoms with Crippen LogP contribution in [0.5, 0.6) is 0 Å². The van der Waals surface area contributed by atoms with Gasteiger partial charge >= 0.3 is 0 Å². The second-order valence-corrected chi connectivity index (χ2v) is 10.6. The van der Waals surface area contributed by atoms with Crippen molar-refractivity contribution in [2.45, 2.75) is 44.9 Å². The number of nitrogens with one attached hydrogen (secondary N) is 1. The quantitative estimate of drug-likeness (QED) is 0.317. The Labute approximate surface area is 229 Å². The lowest BCUT2D eigenvalue weighted by atomic mass is 9.95. The highest BCUT2D eigenvalue weighted by Gasteiger charge is 2.39. The molecule has 1 aromatic heterocycles. The summed E-state index contributed by atoms with van der Waals surface area (Å²) in [6, 6.07) is 22.9. The number of anilines is 1. The van der Waals surface area contributed by atoms with Crippen molar-refractivity contribution in [2.24, 2.45) is 0 Å².